The highest BCUT2D eigenvalue weighted by Crippen LogP contribution is 2.24. The molecule has 2 N–H and O–H groups in total. The van der Waals surface area contributed by atoms with E-state index in [2.05, 4.69) is 9.97 Å². The van der Waals surface area contributed by atoms with Gasteiger partial charge in [0.2, 0.25) is 5.88 Å². The van der Waals surface area contributed by atoms with Crippen LogP contribution < -0.4 is 10.5 Å². The van der Waals surface area contributed by atoms with Crippen molar-refractivity contribution in [3.63, 3.8) is 0 Å². The van der Waals surface area contributed by atoms with Gasteiger partial charge in [-0.1, -0.05) is 25.1 Å². The predicted molar refractivity (Wildman–Crippen MR) is 65.4 cm³/mol. The molecule has 1 aliphatic rings. The molecule has 0 bridgehead atoms. The molecule has 1 aliphatic carbocycles. The molecule has 86 valence electrons. The number of nitrogens with zero attached hydrogens (tertiary/aromatic N) is 2. The van der Waals surface area contributed by atoms with E-state index in [0.717, 1.165) is 6.61 Å². The minimum atomic E-state index is 0.259. The molecule has 0 saturated heterocycles. The third-order valence-electron chi connectivity index (χ3n) is 2.82. The molecule has 0 amide bonds. The standard InChI is InChI=1S/C11H15N3OS/c12-11(16)9-5-14-10(6-13-9)15-7-8-3-1-2-4-8/h5-6,8H,1-4,7H2,(H2,12,16). The maximum absolute atomic E-state index is 5.57. The molecule has 0 spiro atoms. The quantitative estimate of drug-likeness (QED) is 0.807. The van der Waals surface area contributed by atoms with Gasteiger partial charge in [-0.15, -0.1) is 0 Å². The lowest BCUT2D eigenvalue weighted by atomic mass is 10.1. The van der Waals surface area contributed by atoms with E-state index >= 15 is 0 Å². The van der Waals surface area contributed by atoms with Crippen LogP contribution in [0.3, 0.4) is 0 Å². The molecule has 1 fully saturated rings. The number of hydrogen-bond donors (Lipinski definition) is 1. The average molecular weight is 237 g/mol. The average Bonchev–Trinajstić information content (AvgIpc) is 2.80. The van der Waals surface area contributed by atoms with Crippen LogP contribution in [-0.2, 0) is 0 Å². The summed E-state index contributed by atoms with van der Waals surface area (Å²) in [4.78, 5) is 8.44. The lowest BCUT2D eigenvalue weighted by molar-refractivity contribution is 0.242. The Bertz CT molecular complexity index is 360. The van der Waals surface area contributed by atoms with Crippen molar-refractivity contribution in [3.05, 3.63) is 18.1 Å². The fraction of sp³-hybridized carbons (Fsp3) is 0.545. The van der Waals surface area contributed by atoms with E-state index in [-0.39, 0.29) is 4.99 Å². The van der Waals surface area contributed by atoms with Gasteiger partial charge in [-0.3, -0.25) is 0 Å². The van der Waals surface area contributed by atoms with Crippen molar-refractivity contribution in [2.75, 3.05) is 6.61 Å². The summed E-state index contributed by atoms with van der Waals surface area (Å²) in [5.74, 6) is 1.23. The van der Waals surface area contributed by atoms with Crippen LogP contribution in [0, 0.1) is 5.92 Å². The van der Waals surface area contributed by atoms with Crippen molar-refractivity contribution in [1.82, 2.24) is 9.97 Å². The first-order chi connectivity index (χ1) is 7.75. The maximum atomic E-state index is 5.57. The predicted octanol–water partition coefficient (Wildman–Crippen LogP) is 1.68. The molecule has 0 aromatic carbocycles. The molecule has 0 atom stereocenters. The third kappa shape index (κ3) is 2.88. The van der Waals surface area contributed by atoms with E-state index < -0.39 is 0 Å². The Labute approximate surface area is 100 Å². The number of hydrogen-bond acceptors (Lipinski definition) is 4. The molecular formula is C11H15N3OS. The summed E-state index contributed by atoms with van der Waals surface area (Å²) in [5, 5.41) is 0. The summed E-state index contributed by atoms with van der Waals surface area (Å²) >= 11 is 4.79. The van der Waals surface area contributed by atoms with Crippen LogP contribution in [0.5, 0.6) is 5.88 Å². The second kappa shape index (κ2) is 5.21. The van der Waals surface area contributed by atoms with E-state index in [1.807, 2.05) is 0 Å². The van der Waals surface area contributed by atoms with Crippen LogP contribution >= 0.6 is 12.2 Å². The molecule has 0 aliphatic heterocycles. The fourth-order valence-electron chi connectivity index (χ4n) is 1.90. The Balaban J connectivity index is 1.87. The Morgan fingerprint density at radius 2 is 2.12 bits per heavy atom. The minimum absolute atomic E-state index is 0.259. The Hall–Kier alpha value is -1.23. The zero-order valence-corrected chi connectivity index (χ0v) is 9.87. The monoisotopic (exact) mass is 237 g/mol. The van der Waals surface area contributed by atoms with Gasteiger partial charge in [0, 0.05) is 0 Å². The van der Waals surface area contributed by atoms with Crippen molar-refractivity contribution in [1.29, 1.82) is 0 Å². The highest BCUT2D eigenvalue weighted by molar-refractivity contribution is 7.80. The summed E-state index contributed by atoms with van der Waals surface area (Å²) in [5.41, 5.74) is 5.96. The molecule has 1 heterocycles. The summed E-state index contributed by atoms with van der Waals surface area (Å²) in [6, 6.07) is 0. The smallest absolute Gasteiger partial charge is 0.232 e. The largest absolute Gasteiger partial charge is 0.476 e. The second-order valence-electron chi connectivity index (χ2n) is 4.07. The number of nitrogens with two attached hydrogens (primary N) is 1. The van der Waals surface area contributed by atoms with Gasteiger partial charge in [-0.05, 0) is 18.8 Å². The van der Waals surface area contributed by atoms with Crippen LogP contribution in [-0.4, -0.2) is 21.6 Å². The number of ether oxygens (including phenoxy) is 1. The van der Waals surface area contributed by atoms with Crippen LogP contribution in [0.15, 0.2) is 12.4 Å². The molecule has 16 heavy (non-hydrogen) atoms. The first-order valence-corrected chi connectivity index (χ1v) is 5.91. The molecular weight excluding hydrogens is 222 g/mol. The van der Waals surface area contributed by atoms with E-state index in [0.29, 0.717) is 17.5 Å². The van der Waals surface area contributed by atoms with Gasteiger partial charge in [0.05, 0.1) is 19.0 Å². The summed E-state index contributed by atoms with van der Waals surface area (Å²) in [6.45, 7) is 0.737. The van der Waals surface area contributed by atoms with Gasteiger partial charge >= 0.3 is 0 Å². The van der Waals surface area contributed by atoms with Crippen molar-refractivity contribution in [2.24, 2.45) is 11.7 Å². The summed E-state index contributed by atoms with van der Waals surface area (Å²) in [7, 11) is 0. The van der Waals surface area contributed by atoms with Gasteiger partial charge in [0.25, 0.3) is 0 Å². The zero-order chi connectivity index (χ0) is 11.4. The lowest BCUT2D eigenvalue weighted by Crippen LogP contribution is -2.13. The minimum Gasteiger partial charge on any atom is -0.476 e. The molecule has 0 radical (unpaired) electrons. The topological polar surface area (TPSA) is 61.0 Å². The Kier molecular flexibility index (Phi) is 3.66. The number of thiocarbonyl (C=S) groups is 1. The molecule has 1 aromatic heterocycles. The van der Waals surface area contributed by atoms with E-state index in [4.69, 9.17) is 22.7 Å². The second-order valence-corrected chi connectivity index (χ2v) is 4.51. The highest BCUT2D eigenvalue weighted by atomic mass is 32.1. The molecule has 1 aromatic rings. The van der Waals surface area contributed by atoms with Crippen LogP contribution in [0.2, 0.25) is 0 Å². The lowest BCUT2D eigenvalue weighted by Gasteiger charge is -2.10. The SMILES string of the molecule is NC(=S)c1cnc(OCC2CCCC2)cn1. The molecule has 2 rings (SSSR count). The van der Waals surface area contributed by atoms with Gasteiger partial charge in [-0.2, -0.15) is 0 Å². The van der Waals surface area contributed by atoms with Gasteiger partial charge < -0.3 is 10.5 Å². The van der Waals surface area contributed by atoms with E-state index in [9.17, 15) is 0 Å². The van der Waals surface area contributed by atoms with Crippen molar-refractivity contribution >= 4 is 17.2 Å². The van der Waals surface area contributed by atoms with E-state index in [1.165, 1.54) is 25.7 Å². The van der Waals surface area contributed by atoms with Crippen LogP contribution in [0.4, 0.5) is 0 Å². The summed E-state index contributed by atoms with van der Waals surface area (Å²) in [6.07, 6.45) is 8.28. The maximum Gasteiger partial charge on any atom is 0.232 e. The highest BCUT2D eigenvalue weighted by Gasteiger charge is 2.15. The molecule has 1 saturated carbocycles. The first-order valence-electron chi connectivity index (χ1n) is 5.50. The Morgan fingerprint density at radius 1 is 1.38 bits per heavy atom. The van der Waals surface area contributed by atoms with Gasteiger partial charge in [-0.25, -0.2) is 9.97 Å². The zero-order valence-electron chi connectivity index (χ0n) is 9.06. The number of rotatable bonds is 4. The normalized spacial score (nSPS) is 16.2. The van der Waals surface area contributed by atoms with Gasteiger partial charge in [0.15, 0.2) is 0 Å². The van der Waals surface area contributed by atoms with Crippen molar-refractivity contribution in [3.8, 4) is 5.88 Å². The van der Waals surface area contributed by atoms with Crippen molar-refractivity contribution in [2.45, 2.75) is 25.7 Å². The third-order valence-corrected chi connectivity index (χ3v) is 3.03. The number of aromatic nitrogens is 2. The first kappa shape index (κ1) is 11.3. The fourth-order valence-corrected chi connectivity index (χ4v) is 2.00. The van der Waals surface area contributed by atoms with E-state index in [1.54, 1.807) is 12.4 Å². The Morgan fingerprint density at radius 3 is 2.69 bits per heavy atom. The molecule has 0 unspecified atom stereocenters. The van der Waals surface area contributed by atoms with Crippen LogP contribution in [0.25, 0.3) is 0 Å². The summed E-state index contributed by atoms with van der Waals surface area (Å²) < 4.78 is 5.57. The van der Waals surface area contributed by atoms with Crippen molar-refractivity contribution < 1.29 is 4.74 Å². The van der Waals surface area contributed by atoms with Crippen LogP contribution in [0.1, 0.15) is 31.4 Å². The molecule has 5 heteroatoms. The van der Waals surface area contributed by atoms with Gasteiger partial charge in [0.1, 0.15) is 10.7 Å². The molecule has 4 nitrogen and oxygen atoms in total.